The molecule has 2 bridgehead atoms. The predicted octanol–water partition coefficient (Wildman–Crippen LogP) is 4.00. The summed E-state index contributed by atoms with van der Waals surface area (Å²) >= 11 is 0. The third-order valence-electron chi connectivity index (χ3n) is 7.59. The van der Waals surface area contributed by atoms with Crippen molar-refractivity contribution in [2.75, 3.05) is 31.1 Å². The quantitative estimate of drug-likeness (QED) is 0.704. The van der Waals surface area contributed by atoms with Crippen molar-refractivity contribution in [2.45, 2.75) is 65.4 Å². The van der Waals surface area contributed by atoms with Crippen molar-refractivity contribution < 1.29 is 14.3 Å². The van der Waals surface area contributed by atoms with Gasteiger partial charge in [-0.3, -0.25) is 9.59 Å². The van der Waals surface area contributed by atoms with Gasteiger partial charge in [0.15, 0.2) is 5.60 Å². The molecule has 30 heavy (non-hydrogen) atoms. The molecule has 0 N–H and O–H groups in total. The van der Waals surface area contributed by atoms with Gasteiger partial charge in [-0.05, 0) is 42.7 Å². The van der Waals surface area contributed by atoms with Crippen LogP contribution in [-0.2, 0) is 19.7 Å². The summed E-state index contributed by atoms with van der Waals surface area (Å²) in [6, 6.07) is 8.58. The van der Waals surface area contributed by atoms with Gasteiger partial charge in [-0.2, -0.15) is 0 Å². The van der Waals surface area contributed by atoms with Crippen LogP contribution in [0.15, 0.2) is 24.3 Å². The Kier molecular flexibility index (Phi) is 4.94. The summed E-state index contributed by atoms with van der Waals surface area (Å²) in [5.41, 5.74) is 1.19. The van der Waals surface area contributed by atoms with E-state index in [4.69, 9.17) is 4.74 Å². The minimum absolute atomic E-state index is 0.0273. The van der Waals surface area contributed by atoms with Crippen LogP contribution in [-0.4, -0.2) is 48.6 Å². The van der Waals surface area contributed by atoms with Crippen LogP contribution in [0, 0.1) is 17.3 Å². The molecule has 5 nitrogen and oxygen atoms in total. The van der Waals surface area contributed by atoms with Crippen molar-refractivity contribution in [1.29, 1.82) is 0 Å². The summed E-state index contributed by atoms with van der Waals surface area (Å²) in [6.45, 7) is 15.9. The summed E-state index contributed by atoms with van der Waals surface area (Å²) in [6.07, 6.45) is 1.41. The molecule has 0 aromatic heterocycles. The van der Waals surface area contributed by atoms with Gasteiger partial charge in [0.2, 0.25) is 0 Å². The Bertz CT molecular complexity index is 850. The van der Waals surface area contributed by atoms with E-state index in [1.807, 2.05) is 11.8 Å². The van der Waals surface area contributed by atoms with Crippen LogP contribution in [0.25, 0.3) is 0 Å². The van der Waals surface area contributed by atoms with Gasteiger partial charge in [-0.1, -0.05) is 52.8 Å². The molecule has 2 saturated heterocycles. The number of hydrogen-bond donors (Lipinski definition) is 0. The van der Waals surface area contributed by atoms with Crippen LogP contribution in [0.5, 0.6) is 0 Å². The zero-order chi connectivity index (χ0) is 21.9. The zero-order valence-electron chi connectivity index (χ0n) is 19.3. The minimum Gasteiger partial charge on any atom is -0.448 e. The number of anilines is 1. The number of amides is 1. The van der Waals surface area contributed by atoms with E-state index in [-0.39, 0.29) is 29.1 Å². The Hall–Kier alpha value is -2.04. The van der Waals surface area contributed by atoms with Gasteiger partial charge >= 0.3 is 5.97 Å². The number of carbonyl (C=O) groups is 2. The summed E-state index contributed by atoms with van der Waals surface area (Å²) in [5, 5.41) is 0. The first-order valence-electron chi connectivity index (χ1n) is 11.4. The van der Waals surface area contributed by atoms with Gasteiger partial charge in [0.1, 0.15) is 0 Å². The average Bonchev–Trinajstić information content (AvgIpc) is 3.13. The van der Waals surface area contributed by atoms with E-state index in [9.17, 15) is 9.59 Å². The third-order valence-corrected chi connectivity index (χ3v) is 7.59. The lowest BCUT2D eigenvalue weighted by molar-refractivity contribution is -0.173. The number of rotatable bonds is 3. The fourth-order valence-corrected chi connectivity index (χ4v) is 6.26. The maximum Gasteiger partial charge on any atom is 0.313 e. The molecule has 1 saturated carbocycles. The average molecular weight is 413 g/mol. The van der Waals surface area contributed by atoms with Gasteiger partial charge in [-0.25, -0.2) is 0 Å². The Morgan fingerprint density at radius 3 is 2.30 bits per heavy atom. The van der Waals surface area contributed by atoms with Crippen LogP contribution in [0.2, 0.25) is 0 Å². The van der Waals surface area contributed by atoms with E-state index in [1.165, 1.54) is 11.3 Å². The van der Waals surface area contributed by atoms with E-state index in [0.29, 0.717) is 19.5 Å². The highest BCUT2D eigenvalue weighted by atomic mass is 16.6. The first kappa shape index (κ1) is 21.2. The molecule has 1 aliphatic carbocycles. The van der Waals surface area contributed by atoms with E-state index in [1.54, 1.807) is 0 Å². The van der Waals surface area contributed by atoms with Crippen molar-refractivity contribution in [3.8, 4) is 0 Å². The van der Waals surface area contributed by atoms with Crippen LogP contribution < -0.4 is 4.90 Å². The number of carbonyl (C=O) groups excluding carboxylic acids is 2. The number of esters is 1. The Labute approximate surface area is 180 Å². The fourth-order valence-electron chi connectivity index (χ4n) is 6.26. The van der Waals surface area contributed by atoms with E-state index >= 15 is 0 Å². The summed E-state index contributed by atoms with van der Waals surface area (Å²) in [4.78, 5) is 30.6. The molecule has 164 valence electrons. The van der Waals surface area contributed by atoms with E-state index in [0.717, 1.165) is 19.5 Å². The maximum absolute atomic E-state index is 13.7. The SMILES string of the molecule is CC(C)C1[C@@]2(C)CC[C@]1(C(=O)N1CCN(c3ccccc3C(C)(C)C)CC1)OC2=O. The van der Waals surface area contributed by atoms with Crippen LogP contribution in [0.4, 0.5) is 5.69 Å². The molecular formula is C25H36N2O3. The van der Waals surface area contributed by atoms with Crippen molar-refractivity contribution >= 4 is 17.6 Å². The van der Waals surface area contributed by atoms with Crippen molar-refractivity contribution in [3.63, 3.8) is 0 Å². The number of ether oxygens (including phenoxy) is 1. The molecule has 1 aromatic carbocycles. The number of fused-ring (bicyclic) bond motifs is 2. The smallest absolute Gasteiger partial charge is 0.313 e. The van der Waals surface area contributed by atoms with Crippen molar-refractivity contribution in [1.82, 2.24) is 4.90 Å². The molecule has 3 aliphatic rings. The van der Waals surface area contributed by atoms with Crippen LogP contribution in [0.1, 0.15) is 59.9 Å². The molecular weight excluding hydrogens is 376 g/mol. The number of para-hydroxylation sites is 1. The van der Waals surface area contributed by atoms with Crippen molar-refractivity contribution in [3.05, 3.63) is 29.8 Å². The van der Waals surface area contributed by atoms with E-state index < -0.39 is 11.0 Å². The second kappa shape index (κ2) is 7.00. The summed E-state index contributed by atoms with van der Waals surface area (Å²) in [5.74, 6) is 0.0376. The highest BCUT2D eigenvalue weighted by molar-refractivity contribution is 5.95. The first-order chi connectivity index (χ1) is 14.0. The Morgan fingerprint density at radius 2 is 1.73 bits per heavy atom. The van der Waals surface area contributed by atoms with Gasteiger partial charge in [0.05, 0.1) is 5.41 Å². The minimum atomic E-state index is -0.953. The molecule has 2 heterocycles. The van der Waals surface area contributed by atoms with Crippen LogP contribution in [0.3, 0.4) is 0 Å². The van der Waals surface area contributed by atoms with Gasteiger partial charge in [0, 0.05) is 37.8 Å². The molecule has 4 rings (SSSR count). The standard InChI is InChI=1S/C25H36N2O3/c1-17(2)20-24(6)11-12-25(20,30-22(24)29)21(28)27-15-13-26(14-16-27)19-10-8-7-9-18(19)23(3,4)5/h7-10,17,20H,11-16H2,1-6H3/t20?,24-,25+/m1/s1. The molecule has 1 amide bonds. The first-order valence-corrected chi connectivity index (χ1v) is 11.4. The van der Waals surface area contributed by atoms with E-state index in [2.05, 4.69) is 63.8 Å². The molecule has 5 heteroatoms. The molecule has 3 atom stereocenters. The number of nitrogens with zero attached hydrogens (tertiary/aromatic N) is 2. The highest BCUT2D eigenvalue weighted by Crippen LogP contribution is 2.61. The highest BCUT2D eigenvalue weighted by Gasteiger charge is 2.72. The molecule has 0 radical (unpaired) electrons. The Morgan fingerprint density at radius 1 is 1.10 bits per heavy atom. The summed E-state index contributed by atoms with van der Waals surface area (Å²) < 4.78 is 5.87. The molecule has 2 aliphatic heterocycles. The monoisotopic (exact) mass is 412 g/mol. The fraction of sp³-hybridized carbons (Fsp3) is 0.680. The number of piperazine rings is 1. The van der Waals surface area contributed by atoms with Crippen LogP contribution >= 0.6 is 0 Å². The molecule has 1 unspecified atom stereocenters. The molecule has 3 fully saturated rings. The third kappa shape index (κ3) is 3.04. The zero-order valence-corrected chi connectivity index (χ0v) is 19.3. The maximum atomic E-state index is 13.7. The number of benzene rings is 1. The number of hydrogen-bond acceptors (Lipinski definition) is 4. The van der Waals surface area contributed by atoms with Gasteiger partial charge in [0.25, 0.3) is 5.91 Å². The lowest BCUT2D eigenvalue weighted by atomic mass is 9.71. The second-order valence-corrected chi connectivity index (χ2v) is 11.0. The predicted molar refractivity (Wildman–Crippen MR) is 118 cm³/mol. The van der Waals surface area contributed by atoms with Gasteiger partial charge in [-0.15, -0.1) is 0 Å². The lowest BCUT2D eigenvalue weighted by Crippen LogP contribution is -2.58. The molecule has 1 aromatic rings. The van der Waals surface area contributed by atoms with Crippen molar-refractivity contribution in [2.24, 2.45) is 17.3 Å². The normalized spacial score (nSPS) is 31.4. The summed E-state index contributed by atoms with van der Waals surface area (Å²) in [7, 11) is 0. The largest absolute Gasteiger partial charge is 0.448 e. The van der Waals surface area contributed by atoms with Gasteiger partial charge < -0.3 is 14.5 Å². The second-order valence-electron chi connectivity index (χ2n) is 11.0. The topological polar surface area (TPSA) is 49.9 Å². The lowest BCUT2D eigenvalue weighted by Gasteiger charge is -2.42. The Balaban J connectivity index is 1.52. The molecule has 0 spiro atoms.